The smallest absolute Gasteiger partial charge is 0.298 e. The monoisotopic (exact) mass is 220 g/mol. The number of halogens is 1. The Kier molecular flexibility index (Phi) is 5.51. The molecule has 0 saturated carbocycles. The third-order valence-electron chi connectivity index (χ3n) is 1.66. The second-order valence-corrected chi connectivity index (χ2v) is 4.72. The number of alkyl halides is 1. The molecular weight excluding hydrogens is 202 g/mol. The van der Waals surface area contributed by atoms with E-state index in [0.717, 1.165) is 6.92 Å². The number of hydrogen-bond donors (Lipinski definition) is 0. The lowest BCUT2D eigenvalue weighted by Crippen LogP contribution is -2.31. The van der Waals surface area contributed by atoms with E-state index in [9.17, 15) is 4.39 Å². The van der Waals surface area contributed by atoms with Gasteiger partial charge in [0.05, 0.1) is 8.96 Å². The van der Waals surface area contributed by atoms with Crippen molar-refractivity contribution in [3.63, 3.8) is 0 Å². The predicted molar refractivity (Wildman–Crippen MR) is 56.6 cm³/mol. The van der Waals surface area contributed by atoms with Crippen LogP contribution in [0.25, 0.3) is 0 Å². The quantitative estimate of drug-likeness (QED) is 0.668. The molecule has 0 aromatic rings. The van der Waals surface area contributed by atoms with Gasteiger partial charge < -0.3 is 0 Å². The Hall–Kier alpha value is -0.230. The van der Waals surface area contributed by atoms with E-state index in [1.54, 1.807) is 0 Å². The topological polar surface area (TPSA) is 36.3 Å². The zero-order valence-corrected chi connectivity index (χ0v) is 10.3. The van der Waals surface area contributed by atoms with E-state index in [-0.39, 0.29) is 21.0 Å². The Morgan fingerprint density at radius 2 is 1.79 bits per heavy atom. The van der Waals surface area contributed by atoms with Gasteiger partial charge in [-0.2, -0.15) is 9.65 Å². The average molecular weight is 220 g/mol. The highest BCUT2D eigenvalue weighted by molar-refractivity contribution is 7.29. The van der Waals surface area contributed by atoms with Gasteiger partial charge in [-0.15, -0.1) is 0 Å². The number of hydrogen-bond acceptors (Lipinski definition) is 3. The highest BCUT2D eigenvalue weighted by Gasteiger charge is 2.25. The van der Waals surface area contributed by atoms with Gasteiger partial charge in [0.1, 0.15) is 6.07 Å². The van der Waals surface area contributed by atoms with Gasteiger partial charge in [0, 0.05) is 19.0 Å². The van der Waals surface area contributed by atoms with Gasteiger partial charge in [-0.25, -0.2) is 0 Å². The molecule has 0 fully saturated rings. The van der Waals surface area contributed by atoms with Crippen molar-refractivity contribution < 1.29 is 8.91 Å². The van der Waals surface area contributed by atoms with Crippen molar-refractivity contribution in [2.45, 2.75) is 52.6 Å². The molecule has 3 nitrogen and oxygen atoms in total. The fraction of sp³-hybridized carbons (Fsp3) is 0.889. The molecule has 0 radical (unpaired) electrons. The van der Waals surface area contributed by atoms with E-state index in [4.69, 9.17) is 9.79 Å². The van der Waals surface area contributed by atoms with Crippen molar-refractivity contribution in [2.24, 2.45) is 0 Å². The molecule has 0 aromatic heterocycles. The Bertz CT molecular complexity index is 205. The van der Waals surface area contributed by atoms with Gasteiger partial charge in [0.15, 0.2) is 0 Å². The van der Waals surface area contributed by atoms with Crippen molar-refractivity contribution >= 4 is 8.96 Å². The van der Waals surface area contributed by atoms with Crippen molar-refractivity contribution in [1.29, 1.82) is 5.26 Å². The SMILES string of the molecule is CC(C)N(POC(C)(F)C#N)C(C)C. The Labute approximate surface area is 87.1 Å². The van der Waals surface area contributed by atoms with Crippen LogP contribution < -0.4 is 0 Å². The molecule has 0 bridgehead atoms. The molecule has 82 valence electrons. The minimum Gasteiger partial charge on any atom is -0.298 e. The van der Waals surface area contributed by atoms with E-state index in [1.807, 2.05) is 32.4 Å². The van der Waals surface area contributed by atoms with Gasteiger partial charge in [-0.3, -0.25) is 9.19 Å². The molecule has 0 heterocycles. The summed E-state index contributed by atoms with van der Waals surface area (Å²) in [6.07, 6.45) is 0. The van der Waals surface area contributed by atoms with Crippen LogP contribution in [-0.4, -0.2) is 22.6 Å². The Morgan fingerprint density at radius 1 is 1.36 bits per heavy atom. The number of nitrogens with zero attached hydrogens (tertiary/aromatic N) is 2. The largest absolute Gasteiger partial charge is 0.298 e. The summed E-state index contributed by atoms with van der Waals surface area (Å²) in [4.78, 5) is 0. The molecule has 0 saturated heterocycles. The zero-order chi connectivity index (χ0) is 11.4. The summed E-state index contributed by atoms with van der Waals surface area (Å²) in [6.45, 7) is 9.17. The van der Waals surface area contributed by atoms with Crippen molar-refractivity contribution in [1.82, 2.24) is 4.67 Å². The van der Waals surface area contributed by atoms with Crippen LogP contribution in [0, 0.1) is 11.3 Å². The molecule has 0 spiro atoms. The van der Waals surface area contributed by atoms with E-state index in [1.165, 1.54) is 6.07 Å². The number of nitriles is 1. The van der Waals surface area contributed by atoms with Crippen LogP contribution in [0.1, 0.15) is 34.6 Å². The minimum absolute atomic E-state index is 0.122. The maximum Gasteiger partial charge on any atom is 0.298 e. The van der Waals surface area contributed by atoms with Crippen LogP contribution >= 0.6 is 8.96 Å². The first-order chi connectivity index (χ1) is 6.30. The molecule has 14 heavy (non-hydrogen) atoms. The molecule has 0 aliphatic rings. The fourth-order valence-corrected chi connectivity index (χ4v) is 1.71. The van der Waals surface area contributed by atoms with Crippen molar-refractivity contribution in [3.8, 4) is 6.07 Å². The van der Waals surface area contributed by atoms with E-state index in [2.05, 4.69) is 0 Å². The highest BCUT2D eigenvalue weighted by atomic mass is 31.1. The summed E-state index contributed by atoms with van der Waals surface area (Å²) >= 11 is 0. The van der Waals surface area contributed by atoms with Gasteiger partial charge in [-0.1, -0.05) is 0 Å². The summed E-state index contributed by atoms with van der Waals surface area (Å²) in [5, 5.41) is 8.42. The molecule has 0 N–H and O–H groups in total. The average Bonchev–Trinajstić information content (AvgIpc) is 2.03. The molecule has 0 aliphatic heterocycles. The summed E-state index contributed by atoms with van der Waals surface area (Å²) < 4.78 is 20.0. The number of rotatable bonds is 5. The van der Waals surface area contributed by atoms with E-state index < -0.39 is 5.85 Å². The maximum absolute atomic E-state index is 13.1. The highest BCUT2D eigenvalue weighted by Crippen LogP contribution is 2.31. The predicted octanol–water partition coefficient (Wildman–Crippen LogP) is 2.84. The van der Waals surface area contributed by atoms with Crippen molar-refractivity contribution in [2.75, 3.05) is 0 Å². The van der Waals surface area contributed by atoms with Crippen LogP contribution in [0.2, 0.25) is 0 Å². The van der Waals surface area contributed by atoms with Gasteiger partial charge in [0.25, 0.3) is 5.85 Å². The molecule has 0 amide bonds. The lowest BCUT2D eigenvalue weighted by Gasteiger charge is -2.30. The second kappa shape index (κ2) is 5.60. The van der Waals surface area contributed by atoms with Crippen molar-refractivity contribution in [3.05, 3.63) is 0 Å². The molecule has 2 atom stereocenters. The molecule has 2 unspecified atom stereocenters. The molecular formula is C9H18FN2OP. The first kappa shape index (κ1) is 13.8. The Balaban J connectivity index is 4.15. The molecule has 0 aliphatic carbocycles. The normalized spacial score (nSPS) is 16.9. The molecule has 0 aromatic carbocycles. The van der Waals surface area contributed by atoms with Crippen LogP contribution in [0.4, 0.5) is 4.39 Å². The van der Waals surface area contributed by atoms with E-state index in [0.29, 0.717) is 0 Å². The van der Waals surface area contributed by atoms with Gasteiger partial charge in [0.2, 0.25) is 0 Å². The standard InChI is InChI=1S/C9H18FN2OP/c1-7(2)12(8(3)4)14-13-9(5,10)6-11/h7-8,14H,1-5H3. The molecule has 5 heteroatoms. The first-order valence-electron chi connectivity index (χ1n) is 4.62. The minimum atomic E-state index is -2.18. The summed E-state index contributed by atoms with van der Waals surface area (Å²) in [7, 11) is -0.122. The van der Waals surface area contributed by atoms with E-state index >= 15 is 0 Å². The summed E-state index contributed by atoms with van der Waals surface area (Å²) in [6, 6.07) is 2.03. The van der Waals surface area contributed by atoms with Crippen LogP contribution in [0.5, 0.6) is 0 Å². The zero-order valence-electron chi connectivity index (χ0n) is 9.34. The van der Waals surface area contributed by atoms with Crippen LogP contribution in [-0.2, 0) is 4.52 Å². The molecule has 0 rings (SSSR count). The lowest BCUT2D eigenvalue weighted by molar-refractivity contribution is 0.0183. The summed E-state index contributed by atoms with van der Waals surface area (Å²) in [5.41, 5.74) is 0. The first-order valence-corrected chi connectivity index (χ1v) is 5.48. The summed E-state index contributed by atoms with van der Waals surface area (Å²) in [5.74, 6) is -2.18. The van der Waals surface area contributed by atoms with Crippen LogP contribution in [0.15, 0.2) is 0 Å². The Morgan fingerprint density at radius 3 is 2.07 bits per heavy atom. The van der Waals surface area contributed by atoms with Crippen LogP contribution in [0.3, 0.4) is 0 Å². The van der Waals surface area contributed by atoms with Gasteiger partial charge >= 0.3 is 0 Å². The maximum atomic E-state index is 13.1. The second-order valence-electron chi connectivity index (χ2n) is 3.82. The fourth-order valence-electron chi connectivity index (χ4n) is 0.968. The lowest BCUT2D eigenvalue weighted by atomic mass is 10.3. The third-order valence-corrected chi connectivity index (χ3v) is 3.37. The third kappa shape index (κ3) is 4.85. The van der Waals surface area contributed by atoms with Gasteiger partial charge in [-0.05, 0) is 27.7 Å².